The third-order valence-electron chi connectivity index (χ3n) is 4.95. The normalized spacial score (nSPS) is 22.1. The number of rotatable bonds is 5. The Morgan fingerprint density at radius 1 is 1.33 bits per heavy atom. The van der Waals surface area contributed by atoms with Gasteiger partial charge in [-0.1, -0.05) is 30.2 Å². The van der Waals surface area contributed by atoms with Crippen LogP contribution in [0.4, 0.5) is 5.69 Å². The molecule has 2 aliphatic rings. The first-order valence-corrected chi connectivity index (χ1v) is 8.39. The van der Waals surface area contributed by atoms with Crippen molar-refractivity contribution in [3.8, 4) is 0 Å². The van der Waals surface area contributed by atoms with Crippen molar-refractivity contribution < 1.29 is 19.5 Å². The maximum atomic E-state index is 12.5. The van der Waals surface area contributed by atoms with E-state index in [9.17, 15) is 19.5 Å². The van der Waals surface area contributed by atoms with Crippen molar-refractivity contribution in [2.45, 2.75) is 38.1 Å². The fourth-order valence-electron chi connectivity index (χ4n) is 3.35. The summed E-state index contributed by atoms with van der Waals surface area (Å²) in [5.41, 5.74) is -0.323. The number of carbonyl (C=O) groups excluding carboxylic acids is 2. The van der Waals surface area contributed by atoms with Gasteiger partial charge in [-0.05, 0) is 31.4 Å². The van der Waals surface area contributed by atoms with Crippen LogP contribution in [0.3, 0.4) is 0 Å². The largest absolute Gasteiger partial charge is 0.481 e. The summed E-state index contributed by atoms with van der Waals surface area (Å²) in [6.45, 7) is 0.470. The Bertz CT molecular complexity index is 687. The molecular weight excluding hydrogens is 332 g/mol. The second-order valence-electron chi connectivity index (χ2n) is 6.47. The quantitative estimate of drug-likeness (QED) is 0.852. The second-order valence-corrected chi connectivity index (χ2v) is 6.87. The zero-order chi connectivity index (χ0) is 17.3. The van der Waals surface area contributed by atoms with Gasteiger partial charge in [0.1, 0.15) is 6.04 Å². The van der Waals surface area contributed by atoms with Crippen molar-refractivity contribution in [2.24, 2.45) is 5.41 Å². The van der Waals surface area contributed by atoms with Crippen LogP contribution in [0.15, 0.2) is 24.3 Å². The van der Waals surface area contributed by atoms with Crippen LogP contribution in [0, 0.1) is 5.41 Å². The van der Waals surface area contributed by atoms with Crippen LogP contribution in [0.25, 0.3) is 0 Å². The maximum Gasteiger partial charge on any atom is 0.310 e. The van der Waals surface area contributed by atoms with Crippen LogP contribution in [0.5, 0.6) is 0 Å². The molecule has 1 aromatic rings. The van der Waals surface area contributed by atoms with E-state index in [1.54, 1.807) is 29.2 Å². The molecule has 24 heavy (non-hydrogen) atoms. The number of carboxylic acids is 1. The number of hydrogen-bond acceptors (Lipinski definition) is 3. The van der Waals surface area contributed by atoms with Crippen molar-refractivity contribution in [3.63, 3.8) is 0 Å². The van der Waals surface area contributed by atoms with Gasteiger partial charge in [0.05, 0.1) is 16.1 Å². The number of nitrogens with one attached hydrogen (secondary N) is 1. The molecule has 2 amide bonds. The average molecular weight is 351 g/mol. The summed E-state index contributed by atoms with van der Waals surface area (Å²) in [4.78, 5) is 37.6. The molecule has 2 fully saturated rings. The zero-order valence-corrected chi connectivity index (χ0v) is 13.9. The van der Waals surface area contributed by atoms with E-state index in [0.717, 1.165) is 6.42 Å². The van der Waals surface area contributed by atoms with Gasteiger partial charge in [0.15, 0.2) is 0 Å². The summed E-state index contributed by atoms with van der Waals surface area (Å²) in [7, 11) is 0. The lowest BCUT2D eigenvalue weighted by atomic mass is 9.66. The minimum absolute atomic E-state index is 0.0712. The molecule has 3 rings (SSSR count). The van der Waals surface area contributed by atoms with Crippen molar-refractivity contribution >= 4 is 35.1 Å². The average Bonchev–Trinajstić information content (AvgIpc) is 2.84. The summed E-state index contributed by atoms with van der Waals surface area (Å²) in [5.74, 6) is -1.52. The van der Waals surface area contributed by atoms with Crippen LogP contribution in [-0.2, 0) is 14.4 Å². The SMILES string of the molecule is O=C(CC1(C(=O)O)CCC1)NC1CCN(c2ccccc2Cl)C1=O. The first-order chi connectivity index (χ1) is 11.4. The number of para-hydroxylation sites is 1. The molecule has 1 unspecified atom stereocenters. The van der Waals surface area contributed by atoms with Gasteiger partial charge in [-0.3, -0.25) is 14.4 Å². The van der Waals surface area contributed by atoms with E-state index < -0.39 is 17.4 Å². The summed E-state index contributed by atoms with van der Waals surface area (Å²) in [5, 5.41) is 12.5. The standard InChI is InChI=1S/C17H19ClN2O4/c18-11-4-1-2-5-13(11)20-9-6-12(15(20)22)19-14(21)10-17(16(23)24)7-3-8-17/h1-2,4-5,12H,3,6-10H2,(H,19,21)(H,23,24). The molecule has 0 radical (unpaired) electrons. The molecule has 6 nitrogen and oxygen atoms in total. The van der Waals surface area contributed by atoms with E-state index in [0.29, 0.717) is 36.5 Å². The fraction of sp³-hybridized carbons (Fsp3) is 0.471. The highest BCUT2D eigenvalue weighted by Crippen LogP contribution is 2.44. The summed E-state index contributed by atoms with van der Waals surface area (Å²) in [6.07, 6.45) is 2.26. The van der Waals surface area contributed by atoms with E-state index >= 15 is 0 Å². The minimum Gasteiger partial charge on any atom is -0.481 e. The third kappa shape index (κ3) is 2.98. The minimum atomic E-state index is -0.950. The number of carbonyl (C=O) groups is 3. The number of halogens is 1. The molecule has 2 N–H and O–H groups in total. The van der Waals surface area contributed by atoms with E-state index in [2.05, 4.69) is 5.32 Å². The maximum absolute atomic E-state index is 12.5. The summed E-state index contributed by atoms with van der Waals surface area (Å²) in [6, 6.07) is 6.43. The number of nitrogens with zero attached hydrogens (tertiary/aromatic N) is 1. The Morgan fingerprint density at radius 3 is 2.62 bits per heavy atom. The predicted molar refractivity (Wildman–Crippen MR) is 88.9 cm³/mol. The smallest absolute Gasteiger partial charge is 0.310 e. The van der Waals surface area contributed by atoms with Crippen LogP contribution < -0.4 is 10.2 Å². The third-order valence-corrected chi connectivity index (χ3v) is 5.27. The predicted octanol–water partition coefficient (Wildman–Crippen LogP) is 2.21. The van der Waals surface area contributed by atoms with Crippen LogP contribution >= 0.6 is 11.6 Å². The van der Waals surface area contributed by atoms with Gasteiger partial charge in [-0.15, -0.1) is 0 Å². The number of hydrogen-bond donors (Lipinski definition) is 2. The number of amides is 2. The molecule has 1 heterocycles. The topological polar surface area (TPSA) is 86.7 Å². The van der Waals surface area contributed by atoms with Crippen molar-refractivity contribution in [1.82, 2.24) is 5.32 Å². The number of carboxylic acid groups (broad SMARTS) is 1. The van der Waals surface area contributed by atoms with Crippen LogP contribution in [0.1, 0.15) is 32.1 Å². The Hall–Kier alpha value is -2.08. The molecule has 1 aromatic carbocycles. The molecule has 1 aliphatic heterocycles. The van der Waals surface area contributed by atoms with Gasteiger partial charge >= 0.3 is 5.97 Å². The second kappa shape index (κ2) is 6.43. The lowest BCUT2D eigenvalue weighted by Gasteiger charge is -2.37. The van der Waals surface area contributed by atoms with Gasteiger partial charge in [0.25, 0.3) is 0 Å². The van der Waals surface area contributed by atoms with Gasteiger partial charge in [0, 0.05) is 13.0 Å². The number of aliphatic carboxylic acids is 1. The van der Waals surface area contributed by atoms with E-state index in [4.69, 9.17) is 11.6 Å². The highest BCUT2D eigenvalue weighted by atomic mass is 35.5. The number of anilines is 1. The molecule has 1 aliphatic carbocycles. The van der Waals surface area contributed by atoms with Gasteiger partial charge < -0.3 is 15.3 Å². The van der Waals surface area contributed by atoms with Crippen LogP contribution in [0.2, 0.25) is 5.02 Å². The molecule has 0 spiro atoms. The molecule has 0 aromatic heterocycles. The van der Waals surface area contributed by atoms with Gasteiger partial charge in [0.2, 0.25) is 11.8 Å². The Morgan fingerprint density at radius 2 is 2.04 bits per heavy atom. The Kier molecular flexibility index (Phi) is 4.49. The number of benzene rings is 1. The summed E-state index contributed by atoms with van der Waals surface area (Å²) >= 11 is 6.12. The molecule has 1 saturated heterocycles. The molecule has 1 saturated carbocycles. The van der Waals surface area contributed by atoms with E-state index in [-0.39, 0.29) is 18.2 Å². The lowest BCUT2D eigenvalue weighted by Crippen LogP contribution is -2.46. The van der Waals surface area contributed by atoms with Gasteiger partial charge in [-0.25, -0.2) is 0 Å². The van der Waals surface area contributed by atoms with Crippen molar-refractivity contribution in [3.05, 3.63) is 29.3 Å². The van der Waals surface area contributed by atoms with E-state index in [1.807, 2.05) is 0 Å². The van der Waals surface area contributed by atoms with Gasteiger partial charge in [-0.2, -0.15) is 0 Å². The molecule has 128 valence electrons. The highest BCUT2D eigenvalue weighted by molar-refractivity contribution is 6.34. The van der Waals surface area contributed by atoms with Crippen LogP contribution in [-0.4, -0.2) is 35.5 Å². The van der Waals surface area contributed by atoms with Crippen molar-refractivity contribution in [2.75, 3.05) is 11.4 Å². The Labute approximate surface area is 144 Å². The first-order valence-electron chi connectivity index (χ1n) is 8.02. The summed E-state index contributed by atoms with van der Waals surface area (Å²) < 4.78 is 0. The highest BCUT2D eigenvalue weighted by Gasteiger charge is 2.46. The Balaban J connectivity index is 1.63. The lowest BCUT2D eigenvalue weighted by molar-refractivity contribution is -0.157. The van der Waals surface area contributed by atoms with E-state index in [1.165, 1.54) is 0 Å². The molecule has 7 heteroatoms. The monoisotopic (exact) mass is 350 g/mol. The fourth-order valence-corrected chi connectivity index (χ4v) is 3.58. The zero-order valence-electron chi connectivity index (χ0n) is 13.1. The molecule has 0 bridgehead atoms. The first kappa shape index (κ1) is 16.8. The molecular formula is C17H19ClN2O4. The molecule has 1 atom stereocenters. The van der Waals surface area contributed by atoms with Crippen molar-refractivity contribution in [1.29, 1.82) is 0 Å².